The Morgan fingerprint density at radius 2 is 1.62 bits per heavy atom. The van der Waals surface area contributed by atoms with Crippen LogP contribution in [0.2, 0.25) is 10.0 Å². The van der Waals surface area contributed by atoms with Gasteiger partial charge in [0.25, 0.3) is 11.8 Å². The Balaban J connectivity index is 1.26. The molecule has 8 heteroatoms. The lowest BCUT2D eigenvalue weighted by Gasteiger charge is -2.33. The molecule has 3 aromatic rings. The Morgan fingerprint density at radius 1 is 0.941 bits per heavy atom. The predicted octanol–water partition coefficient (Wildman–Crippen LogP) is 5.68. The van der Waals surface area contributed by atoms with Gasteiger partial charge in [-0.3, -0.25) is 14.6 Å². The number of hydrogen-bond acceptors (Lipinski definition) is 4. The van der Waals surface area contributed by atoms with Gasteiger partial charge in [0.1, 0.15) is 0 Å². The maximum absolute atomic E-state index is 12.7. The van der Waals surface area contributed by atoms with Gasteiger partial charge in [0.05, 0.1) is 15.6 Å². The molecule has 4 rings (SSSR count). The first-order valence-electron chi connectivity index (χ1n) is 11.3. The van der Waals surface area contributed by atoms with Crippen LogP contribution in [0.15, 0.2) is 67.0 Å². The zero-order valence-corrected chi connectivity index (χ0v) is 20.1. The van der Waals surface area contributed by atoms with Crippen molar-refractivity contribution in [2.75, 3.05) is 29.9 Å². The number of halogens is 2. The van der Waals surface area contributed by atoms with E-state index >= 15 is 0 Å². The summed E-state index contributed by atoms with van der Waals surface area (Å²) in [5.74, 6) is -0.00302. The van der Waals surface area contributed by atoms with E-state index in [1.807, 2.05) is 24.5 Å². The van der Waals surface area contributed by atoms with E-state index in [-0.39, 0.29) is 21.5 Å². The maximum atomic E-state index is 12.7. The molecule has 0 bridgehead atoms. The minimum atomic E-state index is -0.425. The van der Waals surface area contributed by atoms with Crippen LogP contribution in [0.5, 0.6) is 0 Å². The summed E-state index contributed by atoms with van der Waals surface area (Å²) < 4.78 is 0. The van der Waals surface area contributed by atoms with Crippen molar-refractivity contribution < 1.29 is 9.59 Å². The fourth-order valence-corrected chi connectivity index (χ4v) is 4.74. The van der Waals surface area contributed by atoms with Crippen molar-refractivity contribution in [2.24, 2.45) is 5.92 Å². The van der Waals surface area contributed by atoms with E-state index in [9.17, 15) is 9.59 Å². The molecule has 34 heavy (non-hydrogen) atoms. The van der Waals surface area contributed by atoms with Gasteiger partial charge >= 0.3 is 0 Å². The number of amides is 2. The molecule has 2 heterocycles. The zero-order chi connectivity index (χ0) is 23.9. The van der Waals surface area contributed by atoms with Crippen molar-refractivity contribution in [3.8, 4) is 0 Å². The Labute approximate surface area is 209 Å². The Morgan fingerprint density at radius 3 is 2.32 bits per heavy atom. The summed E-state index contributed by atoms with van der Waals surface area (Å²) >= 11 is 12.2. The highest BCUT2D eigenvalue weighted by atomic mass is 35.5. The van der Waals surface area contributed by atoms with Gasteiger partial charge in [0.15, 0.2) is 0 Å². The van der Waals surface area contributed by atoms with Crippen LogP contribution in [0.3, 0.4) is 0 Å². The van der Waals surface area contributed by atoms with Crippen LogP contribution in [-0.2, 0) is 0 Å². The van der Waals surface area contributed by atoms with Crippen molar-refractivity contribution in [1.29, 1.82) is 0 Å². The summed E-state index contributed by atoms with van der Waals surface area (Å²) in [6, 6.07) is 15.8. The van der Waals surface area contributed by atoms with Gasteiger partial charge in [0, 0.05) is 49.0 Å². The number of carbonyl (C=O) groups is 2. The first-order valence-corrected chi connectivity index (χ1v) is 12.1. The highest BCUT2D eigenvalue weighted by Crippen LogP contribution is 2.26. The average molecular weight is 497 g/mol. The number of pyridine rings is 1. The molecule has 6 nitrogen and oxygen atoms in total. The molecule has 0 atom stereocenters. The molecule has 1 saturated heterocycles. The standard InChI is InChI=1S/C26H26Cl2N4O2/c27-22-5-2-6-23(28)24(22)26(34)31-20-4-1-3-19(17-20)25(33)30-14-7-18-10-15-32(16-11-18)21-8-12-29-13-9-21/h1-6,8-9,12-13,17-18H,7,10-11,14-16H2,(H,30,33)(H,31,34). The average Bonchev–Trinajstić information content (AvgIpc) is 2.85. The molecule has 1 aromatic heterocycles. The van der Waals surface area contributed by atoms with Crippen LogP contribution in [0, 0.1) is 5.92 Å². The quantitative estimate of drug-likeness (QED) is 0.441. The third-order valence-corrected chi connectivity index (χ3v) is 6.68. The summed E-state index contributed by atoms with van der Waals surface area (Å²) in [5, 5.41) is 6.31. The maximum Gasteiger partial charge on any atom is 0.258 e. The molecule has 0 aliphatic carbocycles. The molecule has 2 N–H and O–H groups in total. The Hall–Kier alpha value is -3.09. The second-order valence-electron chi connectivity index (χ2n) is 8.31. The number of nitrogens with one attached hydrogen (secondary N) is 2. The van der Waals surface area contributed by atoms with Gasteiger partial charge in [-0.1, -0.05) is 35.3 Å². The van der Waals surface area contributed by atoms with Crippen LogP contribution in [-0.4, -0.2) is 36.4 Å². The van der Waals surface area contributed by atoms with Crippen LogP contribution < -0.4 is 15.5 Å². The minimum Gasteiger partial charge on any atom is -0.371 e. The topological polar surface area (TPSA) is 74.3 Å². The SMILES string of the molecule is O=C(NCCC1CCN(c2ccncc2)CC1)c1cccc(NC(=O)c2c(Cl)cccc2Cl)c1. The van der Waals surface area contributed by atoms with Crippen LogP contribution in [0.25, 0.3) is 0 Å². The van der Waals surface area contributed by atoms with E-state index in [2.05, 4.69) is 20.5 Å². The third kappa shape index (κ3) is 6.07. The van der Waals surface area contributed by atoms with Gasteiger partial charge in [0.2, 0.25) is 0 Å². The largest absolute Gasteiger partial charge is 0.371 e. The van der Waals surface area contributed by atoms with Crippen molar-refractivity contribution in [1.82, 2.24) is 10.3 Å². The highest BCUT2D eigenvalue weighted by Gasteiger charge is 2.20. The van der Waals surface area contributed by atoms with Crippen molar-refractivity contribution in [3.63, 3.8) is 0 Å². The molecule has 0 spiro atoms. The number of anilines is 2. The molecule has 2 amide bonds. The monoisotopic (exact) mass is 496 g/mol. The number of carbonyl (C=O) groups excluding carboxylic acids is 2. The van der Waals surface area contributed by atoms with Gasteiger partial charge < -0.3 is 15.5 Å². The fraction of sp³-hybridized carbons (Fsp3) is 0.269. The minimum absolute atomic E-state index is 0.166. The summed E-state index contributed by atoms with van der Waals surface area (Å²) in [7, 11) is 0. The van der Waals surface area contributed by atoms with Crippen LogP contribution >= 0.6 is 23.2 Å². The lowest BCUT2D eigenvalue weighted by molar-refractivity contribution is 0.0949. The van der Waals surface area contributed by atoms with E-state index in [0.29, 0.717) is 23.7 Å². The molecule has 1 fully saturated rings. The van der Waals surface area contributed by atoms with Crippen molar-refractivity contribution in [2.45, 2.75) is 19.3 Å². The van der Waals surface area contributed by atoms with Gasteiger partial charge in [-0.25, -0.2) is 0 Å². The first kappa shape index (κ1) is 24.0. The van der Waals surface area contributed by atoms with E-state index in [0.717, 1.165) is 32.4 Å². The lowest BCUT2D eigenvalue weighted by atomic mass is 9.93. The molecule has 0 radical (unpaired) electrons. The van der Waals surface area contributed by atoms with Crippen molar-refractivity contribution in [3.05, 3.63) is 88.2 Å². The highest BCUT2D eigenvalue weighted by molar-refractivity contribution is 6.40. The normalized spacial score (nSPS) is 14.0. The van der Waals surface area contributed by atoms with E-state index < -0.39 is 5.91 Å². The van der Waals surface area contributed by atoms with Gasteiger partial charge in [-0.15, -0.1) is 0 Å². The number of hydrogen-bond donors (Lipinski definition) is 2. The molecule has 1 aliphatic rings. The fourth-order valence-electron chi connectivity index (χ4n) is 4.17. The Kier molecular flexibility index (Phi) is 8.03. The summed E-state index contributed by atoms with van der Waals surface area (Å²) in [5.41, 5.74) is 2.40. The summed E-state index contributed by atoms with van der Waals surface area (Å²) in [6.45, 7) is 2.64. The van der Waals surface area contributed by atoms with Crippen LogP contribution in [0.4, 0.5) is 11.4 Å². The number of benzene rings is 2. The smallest absolute Gasteiger partial charge is 0.258 e. The number of piperidine rings is 1. The van der Waals surface area contributed by atoms with Gasteiger partial charge in [-0.2, -0.15) is 0 Å². The van der Waals surface area contributed by atoms with E-state index in [1.54, 1.807) is 42.5 Å². The van der Waals surface area contributed by atoms with E-state index in [1.165, 1.54) is 5.69 Å². The van der Waals surface area contributed by atoms with Crippen LogP contribution in [0.1, 0.15) is 40.0 Å². The molecule has 0 unspecified atom stereocenters. The zero-order valence-electron chi connectivity index (χ0n) is 18.6. The lowest BCUT2D eigenvalue weighted by Crippen LogP contribution is -2.35. The second-order valence-corrected chi connectivity index (χ2v) is 9.13. The predicted molar refractivity (Wildman–Crippen MR) is 137 cm³/mol. The summed E-state index contributed by atoms with van der Waals surface area (Å²) in [6.07, 6.45) is 6.79. The summed E-state index contributed by atoms with van der Waals surface area (Å²) in [4.78, 5) is 31.7. The molecule has 176 valence electrons. The first-order chi connectivity index (χ1) is 16.5. The molecule has 2 aromatic carbocycles. The number of aromatic nitrogens is 1. The van der Waals surface area contributed by atoms with Gasteiger partial charge in [-0.05, 0) is 67.6 Å². The number of rotatable bonds is 7. The van der Waals surface area contributed by atoms with Crippen molar-refractivity contribution >= 4 is 46.4 Å². The molecular formula is C26H26Cl2N4O2. The molecular weight excluding hydrogens is 471 g/mol. The molecule has 0 saturated carbocycles. The Bertz CT molecular complexity index is 1130. The third-order valence-electron chi connectivity index (χ3n) is 6.05. The van der Waals surface area contributed by atoms with E-state index in [4.69, 9.17) is 23.2 Å². The molecule has 1 aliphatic heterocycles. The number of nitrogens with zero attached hydrogens (tertiary/aromatic N) is 2. The second kappa shape index (κ2) is 11.4.